The number of rotatable bonds is 5. The van der Waals surface area contributed by atoms with E-state index in [-0.39, 0.29) is 30.6 Å². The van der Waals surface area contributed by atoms with E-state index in [1.54, 1.807) is 0 Å². The Bertz CT molecular complexity index is 639. The molecule has 0 amide bonds. The molecule has 2 bridgehead atoms. The van der Waals surface area contributed by atoms with Crippen molar-refractivity contribution in [3.8, 4) is 0 Å². The fraction of sp³-hybridized carbons (Fsp3) is 0.714. The smallest absolute Gasteiger partial charge is 0.459 e. The van der Waals surface area contributed by atoms with Crippen molar-refractivity contribution in [2.24, 2.45) is 11.8 Å². The number of ether oxygens (including phenoxy) is 3. The molecule has 23 heavy (non-hydrogen) atoms. The van der Waals surface area contributed by atoms with Crippen molar-refractivity contribution in [1.82, 2.24) is 0 Å². The van der Waals surface area contributed by atoms with Gasteiger partial charge >= 0.3 is 12.1 Å². The van der Waals surface area contributed by atoms with Gasteiger partial charge in [0.2, 0.25) is 0 Å². The molecule has 0 radical (unpaired) electrons. The Kier molecular flexibility index (Phi) is 4.09. The van der Waals surface area contributed by atoms with Gasteiger partial charge in [-0.15, -0.1) is 0 Å². The average molecular weight is 346 g/mol. The maximum Gasteiger partial charge on any atom is 0.508 e. The molecule has 8 nitrogen and oxygen atoms in total. The van der Waals surface area contributed by atoms with Gasteiger partial charge in [0.25, 0.3) is 10.1 Å². The molecular formula is C14H18O8S. The Hall–Kier alpha value is -1.61. The van der Waals surface area contributed by atoms with E-state index >= 15 is 0 Å². The van der Waals surface area contributed by atoms with Gasteiger partial charge in [0.15, 0.2) is 0 Å². The van der Waals surface area contributed by atoms with Gasteiger partial charge in [-0.25, -0.2) is 9.59 Å². The second kappa shape index (κ2) is 5.79. The van der Waals surface area contributed by atoms with Crippen LogP contribution in [0.25, 0.3) is 0 Å². The third-order valence-electron chi connectivity index (χ3n) is 4.53. The number of esters is 1. The van der Waals surface area contributed by atoms with E-state index in [9.17, 15) is 18.0 Å². The molecule has 0 N–H and O–H groups in total. The molecule has 0 aromatic heterocycles. The Morgan fingerprint density at radius 3 is 2.61 bits per heavy atom. The van der Waals surface area contributed by atoms with Crippen LogP contribution in [-0.4, -0.2) is 51.2 Å². The summed E-state index contributed by atoms with van der Waals surface area (Å²) in [4.78, 5) is 22.8. The highest BCUT2D eigenvalue weighted by molar-refractivity contribution is 7.87. The molecule has 128 valence electrons. The number of hydrogen-bond acceptors (Lipinski definition) is 8. The lowest BCUT2D eigenvalue weighted by Crippen LogP contribution is -2.37. The quantitative estimate of drug-likeness (QED) is 0.311. The zero-order valence-corrected chi connectivity index (χ0v) is 13.4. The van der Waals surface area contributed by atoms with Crippen LogP contribution in [0.3, 0.4) is 0 Å². The van der Waals surface area contributed by atoms with Crippen molar-refractivity contribution in [3.63, 3.8) is 0 Å². The first-order valence-corrected chi connectivity index (χ1v) is 8.85. The first-order valence-electron chi connectivity index (χ1n) is 7.37. The van der Waals surface area contributed by atoms with E-state index in [2.05, 4.69) is 6.58 Å². The van der Waals surface area contributed by atoms with Crippen molar-refractivity contribution in [1.29, 1.82) is 0 Å². The van der Waals surface area contributed by atoms with Crippen LogP contribution in [0.15, 0.2) is 12.2 Å². The van der Waals surface area contributed by atoms with Gasteiger partial charge in [-0.3, -0.25) is 4.18 Å². The maximum atomic E-state index is 11.8. The van der Waals surface area contributed by atoms with Crippen LogP contribution in [0.2, 0.25) is 0 Å². The third kappa shape index (κ3) is 2.94. The first-order chi connectivity index (χ1) is 10.8. The van der Waals surface area contributed by atoms with E-state index < -0.39 is 39.7 Å². The summed E-state index contributed by atoms with van der Waals surface area (Å²) in [7, 11) is -3.54. The Balaban J connectivity index is 1.45. The molecule has 5 atom stereocenters. The number of carbonyl (C=O) groups is 2. The van der Waals surface area contributed by atoms with Crippen LogP contribution in [0.4, 0.5) is 4.79 Å². The fourth-order valence-electron chi connectivity index (χ4n) is 3.57. The minimum absolute atomic E-state index is 0.0129. The van der Waals surface area contributed by atoms with Crippen LogP contribution < -0.4 is 0 Å². The Labute approximate surface area is 133 Å². The molecule has 0 aromatic rings. The minimum Gasteiger partial charge on any atom is -0.459 e. The molecule has 0 aromatic carbocycles. The molecule has 1 saturated heterocycles. The second-order valence-electron chi connectivity index (χ2n) is 6.08. The molecule has 5 unspecified atom stereocenters. The predicted molar refractivity (Wildman–Crippen MR) is 75.8 cm³/mol. The monoisotopic (exact) mass is 346 g/mol. The lowest BCUT2D eigenvalue weighted by Gasteiger charge is -2.24. The largest absolute Gasteiger partial charge is 0.508 e. The number of carbonyl (C=O) groups excluding carboxylic acids is 2. The van der Waals surface area contributed by atoms with Crippen LogP contribution in [0, 0.1) is 11.8 Å². The second-order valence-corrected chi connectivity index (χ2v) is 7.87. The van der Waals surface area contributed by atoms with Crippen LogP contribution in [0.5, 0.6) is 0 Å². The molecule has 1 aliphatic heterocycles. The van der Waals surface area contributed by atoms with E-state index in [0.29, 0.717) is 12.8 Å². The highest BCUT2D eigenvalue weighted by atomic mass is 32.2. The molecule has 3 rings (SSSR count). The van der Waals surface area contributed by atoms with Gasteiger partial charge in [-0.05, 0) is 19.8 Å². The number of fused-ring (bicyclic) bond motifs is 1. The molecule has 2 aliphatic carbocycles. The number of hydrogen-bond donors (Lipinski definition) is 0. The van der Waals surface area contributed by atoms with Gasteiger partial charge in [0, 0.05) is 17.4 Å². The van der Waals surface area contributed by atoms with Crippen molar-refractivity contribution in [2.45, 2.75) is 37.2 Å². The van der Waals surface area contributed by atoms with Crippen molar-refractivity contribution < 1.29 is 36.4 Å². The molecule has 0 spiro atoms. The first kappa shape index (κ1) is 16.3. The highest BCUT2D eigenvalue weighted by Gasteiger charge is 2.65. The zero-order chi connectivity index (χ0) is 16.8. The molecular weight excluding hydrogens is 328 g/mol. The van der Waals surface area contributed by atoms with Gasteiger partial charge in [0.1, 0.15) is 25.4 Å². The molecule has 3 fully saturated rings. The standard InChI is InChI=1S/C14H18O8S/c1-7(2)13(15)19-3-4-20-14(16)21-11-8-5-9-10(6-8)23(17,18)22-12(9)11/h8-12H,1,3-6H2,2H3. The van der Waals surface area contributed by atoms with E-state index in [0.717, 1.165) is 0 Å². The summed E-state index contributed by atoms with van der Waals surface area (Å²) in [6.45, 7) is 4.68. The van der Waals surface area contributed by atoms with E-state index in [4.69, 9.17) is 18.4 Å². The summed E-state index contributed by atoms with van der Waals surface area (Å²) in [6.07, 6.45) is -0.977. The Morgan fingerprint density at radius 1 is 1.22 bits per heavy atom. The van der Waals surface area contributed by atoms with Gasteiger partial charge in [-0.1, -0.05) is 6.58 Å². The van der Waals surface area contributed by atoms with Gasteiger partial charge in [0.05, 0.1) is 5.25 Å². The molecule has 9 heteroatoms. The molecule has 1 heterocycles. The highest BCUT2D eigenvalue weighted by Crippen LogP contribution is 2.55. The van der Waals surface area contributed by atoms with Crippen molar-refractivity contribution >= 4 is 22.2 Å². The van der Waals surface area contributed by atoms with Crippen LogP contribution in [0.1, 0.15) is 19.8 Å². The van der Waals surface area contributed by atoms with Gasteiger partial charge in [-0.2, -0.15) is 8.42 Å². The third-order valence-corrected chi connectivity index (χ3v) is 6.31. The molecule has 3 aliphatic rings. The zero-order valence-electron chi connectivity index (χ0n) is 12.6. The van der Waals surface area contributed by atoms with Crippen molar-refractivity contribution in [2.75, 3.05) is 13.2 Å². The summed E-state index contributed by atoms with van der Waals surface area (Å²) in [6, 6.07) is 0. The summed E-state index contributed by atoms with van der Waals surface area (Å²) in [5.74, 6) is -0.675. The lowest BCUT2D eigenvalue weighted by molar-refractivity contribution is -0.140. The summed E-state index contributed by atoms with van der Waals surface area (Å²) in [5.41, 5.74) is 0.253. The maximum absolute atomic E-state index is 11.8. The predicted octanol–water partition coefficient (Wildman–Crippen LogP) is 0.765. The molecule has 2 saturated carbocycles. The average Bonchev–Trinajstić information content (AvgIpc) is 3.07. The summed E-state index contributed by atoms with van der Waals surface area (Å²) in [5, 5.41) is -0.463. The van der Waals surface area contributed by atoms with Crippen LogP contribution in [-0.2, 0) is 33.3 Å². The fourth-order valence-corrected chi connectivity index (χ4v) is 5.45. The van der Waals surface area contributed by atoms with E-state index in [1.807, 2.05) is 0 Å². The SMILES string of the molecule is C=C(C)C(=O)OCCOC(=O)OC1C2CC3C1OS(=O)(=O)C3C2. The van der Waals surface area contributed by atoms with Crippen LogP contribution >= 0.6 is 0 Å². The van der Waals surface area contributed by atoms with E-state index in [1.165, 1.54) is 6.92 Å². The normalized spacial score (nSPS) is 35.8. The minimum atomic E-state index is -3.54. The topological polar surface area (TPSA) is 105 Å². The lowest BCUT2D eigenvalue weighted by atomic mass is 9.94. The summed E-state index contributed by atoms with van der Waals surface area (Å²) < 4.78 is 43.5. The van der Waals surface area contributed by atoms with Gasteiger partial charge < -0.3 is 14.2 Å². The Morgan fingerprint density at radius 2 is 1.91 bits per heavy atom. The van der Waals surface area contributed by atoms with Crippen molar-refractivity contribution in [3.05, 3.63) is 12.2 Å². The summed E-state index contributed by atoms with van der Waals surface area (Å²) >= 11 is 0.